The summed E-state index contributed by atoms with van der Waals surface area (Å²) in [5.74, 6) is 1.51. The first-order chi connectivity index (χ1) is 4.70. The number of nitrogens with zero attached hydrogens (tertiary/aromatic N) is 1. The van der Waals surface area contributed by atoms with Gasteiger partial charge in [0, 0.05) is 13.1 Å². The van der Waals surface area contributed by atoms with Crippen LogP contribution in [-0.4, -0.2) is 18.0 Å². The number of nitrogens with two attached hydrogens (primary N) is 1. The molecule has 1 aliphatic heterocycles. The van der Waals surface area contributed by atoms with Gasteiger partial charge in [-0.25, -0.2) is 0 Å². The topological polar surface area (TPSA) is 29.3 Å². The highest BCUT2D eigenvalue weighted by molar-refractivity contribution is 4.89. The zero-order valence-electron chi connectivity index (χ0n) is 6.64. The van der Waals surface area contributed by atoms with Crippen molar-refractivity contribution in [3.8, 4) is 0 Å². The summed E-state index contributed by atoms with van der Waals surface area (Å²) < 4.78 is 0. The van der Waals surface area contributed by atoms with E-state index in [1.54, 1.807) is 0 Å². The molecule has 0 aliphatic carbocycles. The summed E-state index contributed by atoms with van der Waals surface area (Å²) in [7, 11) is 0. The third-order valence-electron chi connectivity index (χ3n) is 2.06. The van der Waals surface area contributed by atoms with E-state index in [9.17, 15) is 0 Å². The van der Waals surface area contributed by atoms with Crippen LogP contribution in [0.2, 0.25) is 0 Å². The van der Waals surface area contributed by atoms with E-state index in [0.29, 0.717) is 0 Å². The van der Waals surface area contributed by atoms with Crippen LogP contribution in [0.5, 0.6) is 0 Å². The second kappa shape index (κ2) is 2.95. The van der Waals surface area contributed by atoms with Crippen LogP contribution in [0, 0.1) is 5.92 Å². The Labute approximate surface area is 62.7 Å². The van der Waals surface area contributed by atoms with Gasteiger partial charge in [0.05, 0.1) is 5.82 Å². The van der Waals surface area contributed by atoms with Crippen molar-refractivity contribution in [3.63, 3.8) is 0 Å². The van der Waals surface area contributed by atoms with Gasteiger partial charge in [0.1, 0.15) is 0 Å². The van der Waals surface area contributed by atoms with E-state index in [-0.39, 0.29) is 0 Å². The Hall–Kier alpha value is -0.660. The third-order valence-corrected chi connectivity index (χ3v) is 2.06. The molecule has 2 nitrogen and oxygen atoms in total. The van der Waals surface area contributed by atoms with Crippen LogP contribution in [0.4, 0.5) is 0 Å². The maximum absolute atomic E-state index is 5.56. The van der Waals surface area contributed by atoms with Crippen molar-refractivity contribution in [2.75, 3.05) is 13.1 Å². The summed E-state index contributed by atoms with van der Waals surface area (Å²) in [5.41, 5.74) is 5.56. The smallest absolute Gasteiger partial charge is 0.0912 e. The van der Waals surface area contributed by atoms with Crippen LogP contribution in [0.3, 0.4) is 0 Å². The van der Waals surface area contributed by atoms with Crippen LogP contribution < -0.4 is 5.73 Å². The van der Waals surface area contributed by atoms with Crippen LogP contribution in [0.25, 0.3) is 0 Å². The predicted molar refractivity (Wildman–Crippen MR) is 43.3 cm³/mol. The average molecular weight is 140 g/mol. The van der Waals surface area contributed by atoms with E-state index in [2.05, 4.69) is 18.4 Å². The van der Waals surface area contributed by atoms with Gasteiger partial charge in [-0.2, -0.15) is 0 Å². The lowest BCUT2D eigenvalue weighted by atomic mass is 10.0. The van der Waals surface area contributed by atoms with Crippen molar-refractivity contribution in [3.05, 3.63) is 12.4 Å². The summed E-state index contributed by atoms with van der Waals surface area (Å²) in [5, 5.41) is 0. The minimum Gasteiger partial charge on any atom is -0.386 e. The highest BCUT2D eigenvalue weighted by Gasteiger charge is 2.15. The molecule has 0 amide bonds. The zero-order valence-corrected chi connectivity index (χ0v) is 6.64. The lowest BCUT2D eigenvalue weighted by Gasteiger charge is -2.32. The SMILES string of the molecule is C=C(N)N1CCCC(C)C1. The lowest BCUT2D eigenvalue weighted by Crippen LogP contribution is -2.35. The van der Waals surface area contributed by atoms with Gasteiger partial charge in [0.2, 0.25) is 0 Å². The van der Waals surface area contributed by atoms with Gasteiger partial charge in [-0.05, 0) is 18.8 Å². The summed E-state index contributed by atoms with van der Waals surface area (Å²) in [6.07, 6.45) is 2.60. The Morgan fingerprint density at radius 1 is 1.70 bits per heavy atom. The second-order valence-corrected chi connectivity index (χ2v) is 3.18. The molecule has 10 heavy (non-hydrogen) atoms. The standard InChI is InChI=1S/C8H16N2/c1-7-4-3-5-10(6-7)8(2)9/h7H,2-6,9H2,1H3. The molecule has 2 heteroatoms. The fourth-order valence-electron chi connectivity index (χ4n) is 1.45. The molecule has 0 aromatic rings. The highest BCUT2D eigenvalue weighted by atomic mass is 15.2. The van der Waals surface area contributed by atoms with E-state index in [4.69, 9.17) is 5.73 Å². The fraction of sp³-hybridized carbons (Fsp3) is 0.750. The van der Waals surface area contributed by atoms with Crippen LogP contribution in [-0.2, 0) is 0 Å². The van der Waals surface area contributed by atoms with Gasteiger partial charge < -0.3 is 10.6 Å². The number of hydrogen-bond acceptors (Lipinski definition) is 2. The number of piperidine rings is 1. The summed E-state index contributed by atoms with van der Waals surface area (Å²) >= 11 is 0. The maximum atomic E-state index is 5.56. The molecule has 0 aromatic carbocycles. The molecular weight excluding hydrogens is 124 g/mol. The van der Waals surface area contributed by atoms with Gasteiger partial charge in [-0.15, -0.1) is 0 Å². The first-order valence-corrected chi connectivity index (χ1v) is 3.89. The Morgan fingerprint density at radius 2 is 2.40 bits per heavy atom. The molecule has 1 unspecified atom stereocenters. The minimum absolute atomic E-state index is 0.728. The van der Waals surface area contributed by atoms with Crippen LogP contribution in [0.1, 0.15) is 19.8 Å². The Bertz CT molecular complexity index is 131. The van der Waals surface area contributed by atoms with Crippen LogP contribution in [0.15, 0.2) is 12.4 Å². The van der Waals surface area contributed by atoms with Crippen molar-refractivity contribution in [1.82, 2.24) is 4.90 Å². The van der Waals surface area contributed by atoms with Gasteiger partial charge in [0.15, 0.2) is 0 Å². The van der Waals surface area contributed by atoms with Gasteiger partial charge in [0.25, 0.3) is 0 Å². The van der Waals surface area contributed by atoms with E-state index in [1.165, 1.54) is 12.8 Å². The molecule has 0 saturated carbocycles. The quantitative estimate of drug-likeness (QED) is 0.592. The van der Waals surface area contributed by atoms with E-state index in [1.807, 2.05) is 0 Å². The predicted octanol–water partition coefficient (Wildman–Crippen LogP) is 1.15. The molecule has 1 atom stereocenters. The molecule has 1 saturated heterocycles. The number of rotatable bonds is 1. The number of likely N-dealkylation sites (tertiary alicyclic amines) is 1. The molecular formula is C8H16N2. The van der Waals surface area contributed by atoms with Crippen LogP contribution >= 0.6 is 0 Å². The molecule has 58 valence electrons. The normalized spacial score (nSPS) is 26.5. The third kappa shape index (κ3) is 1.66. The summed E-state index contributed by atoms with van der Waals surface area (Å²) in [4.78, 5) is 2.16. The summed E-state index contributed by atoms with van der Waals surface area (Å²) in [6.45, 7) is 8.17. The molecule has 2 N–H and O–H groups in total. The first kappa shape index (κ1) is 7.45. The Morgan fingerprint density at radius 3 is 2.80 bits per heavy atom. The molecule has 0 radical (unpaired) electrons. The maximum Gasteiger partial charge on any atom is 0.0912 e. The first-order valence-electron chi connectivity index (χ1n) is 3.89. The van der Waals surface area contributed by atoms with Crippen molar-refractivity contribution in [1.29, 1.82) is 0 Å². The van der Waals surface area contributed by atoms with Crippen molar-refractivity contribution in [2.24, 2.45) is 11.7 Å². The molecule has 1 heterocycles. The zero-order chi connectivity index (χ0) is 7.56. The number of hydrogen-bond donors (Lipinski definition) is 1. The van der Waals surface area contributed by atoms with Gasteiger partial charge in [-0.3, -0.25) is 0 Å². The average Bonchev–Trinajstić information content (AvgIpc) is 1.88. The largest absolute Gasteiger partial charge is 0.386 e. The summed E-state index contributed by atoms with van der Waals surface area (Å²) in [6, 6.07) is 0. The van der Waals surface area contributed by atoms with E-state index in [0.717, 1.165) is 24.8 Å². The van der Waals surface area contributed by atoms with Gasteiger partial charge >= 0.3 is 0 Å². The van der Waals surface area contributed by atoms with Crippen molar-refractivity contribution < 1.29 is 0 Å². The fourth-order valence-corrected chi connectivity index (χ4v) is 1.45. The molecule has 0 aromatic heterocycles. The van der Waals surface area contributed by atoms with E-state index >= 15 is 0 Å². The second-order valence-electron chi connectivity index (χ2n) is 3.18. The molecule has 0 spiro atoms. The molecule has 1 fully saturated rings. The lowest BCUT2D eigenvalue weighted by molar-refractivity contribution is 0.228. The van der Waals surface area contributed by atoms with Crippen molar-refractivity contribution in [2.45, 2.75) is 19.8 Å². The van der Waals surface area contributed by atoms with Gasteiger partial charge in [-0.1, -0.05) is 13.5 Å². The highest BCUT2D eigenvalue weighted by Crippen LogP contribution is 2.16. The Kier molecular flexibility index (Phi) is 2.20. The molecule has 0 bridgehead atoms. The molecule has 1 aliphatic rings. The van der Waals surface area contributed by atoms with E-state index < -0.39 is 0 Å². The monoisotopic (exact) mass is 140 g/mol. The Balaban J connectivity index is 2.39. The van der Waals surface area contributed by atoms with Crippen molar-refractivity contribution >= 4 is 0 Å². The molecule has 1 rings (SSSR count). The minimum atomic E-state index is 0.728.